The minimum absolute atomic E-state index is 0. The molecule has 0 atom stereocenters. The second-order valence-electron chi connectivity index (χ2n) is 4.82. The molecule has 1 N–H and O–H groups in total. The fraction of sp³-hybridized carbons (Fsp3) is 0.571. The SMILES string of the molecule is CCCn1ccc(NCc2cn(CCC)nc2C)n1.Cl. The van der Waals surface area contributed by atoms with Gasteiger partial charge in [0, 0.05) is 43.7 Å². The zero-order valence-electron chi connectivity index (χ0n) is 12.5. The smallest absolute Gasteiger partial charge is 0.148 e. The summed E-state index contributed by atoms with van der Waals surface area (Å²) < 4.78 is 3.98. The average molecular weight is 298 g/mol. The number of hydrogen-bond acceptors (Lipinski definition) is 3. The van der Waals surface area contributed by atoms with E-state index >= 15 is 0 Å². The zero-order chi connectivity index (χ0) is 13.7. The molecule has 2 aromatic rings. The van der Waals surface area contributed by atoms with E-state index < -0.39 is 0 Å². The van der Waals surface area contributed by atoms with E-state index in [0.717, 1.165) is 44.0 Å². The quantitative estimate of drug-likeness (QED) is 0.853. The number of hydrogen-bond donors (Lipinski definition) is 1. The van der Waals surface area contributed by atoms with E-state index in [1.165, 1.54) is 5.56 Å². The van der Waals surface area contributed by atoms with Gasteiger partial charge >= 0.3 is 0 Å². The number of anilines is 1. The van der Waals surface area contributed by atoms with E-state index in [1.54, 1.807) is 0 Å². The van der Waals surface area contributed by atoms with Crippen molar-refractivity contribution in [1.29, 1.82) is 0 Å². The molecule has 0 aliphatic rings. The number of nitrogens with one attached hydrogen (secondary N) is 1. The predicted molar refractivity (Wildman–Crippen MR) is 84.3 cm³/mol. The third-order valence-electron chi connectivity index (χ3n) is 3.05. The van der Waals surface area contributed by atoms with Crippen molar-refractivity contribution in [2.75, 3.05) is 5.32 Å². The van der Waals surface area contributed by atoms with Gasteiger partial charge in [0.1, 0.15) is 5.82 Å². The van der Waals surface area contributed by atoms with Gasteiger partial charge in [-0.3, -0.25) is 9.36 Å². The Kier molecular flexibility index (Phi) is 6.58. The molecule has 6 heteroatoms. The number of aryl methyl sites for hydroxylation is 3. The molecule has 2 aromatic heterocycles. The Bertz CT molecular complexity index is 517. The maximum atomic E-state index is 4.50. The highest BCUT2D eigenvalue weighted by Gasteiger charge is 2.05. The molecule has 0 amide bonds. The van der Waals surface area contributed by atoms with E-state index in [2.05, 4.69) is 42.5 Å². The fourth-order valence-electron chi connectivity index (χ4n) is 2.07. The predicted octanol–water partition coefficient (Wildman–Crippen LogP) is 3.24. The van der Waals surface area contributed by atoms with Crippen LogP contribution in [0.15, 0.2) is 18.5 Å². The maximum Gasteiger partial charge on any atom is 0.148 e. The minimum atomic E-state index is 0. The molecule has 20 heavy (non-hydrogen) atoms. The van der Waals surface area contributed by atoms with Crippen molar-refractivity contribution < 1.29 is 0 Å². The van der Waals surface area contributed by atoms with Crippen molar-refractivity contribution in [2.45, 2.75) is 53.2 Å². The molecule has 0 aliphatic heterocycles. The van der Waals surface area contributed by atoms with Gasteiger partial charge in [-0.1, -0.05) is 13.8 Å². The molecular weight excluding hydrogens is 274 g/mol. The highest BCUT2D eigenvalue weighted by atomic mass is 35.5. The lowest BCUT2D eigenvalue weighted by Crippen LogP contribution is -2.02. The lowest BCUT2D eigenvalue weighted by molar-refractivity contribution is 0.598. The Hall–Kier alpha value is -1.49. The van der Waals surface area contributed by atoms with Crippen LogP contribution in [0, 0.1) is 6.92 Å². The number of halogens is 1. The van der Waals surface area contributed by atoms with Crippen molar-refractivity contribution in [3.05, 3.63) is 29.7 Å². The Labute approximate surface area is 126 Å². The van der Waals surface area contributed by atoms with Gasteiger partial charge in [-0.2, -0.15) is 10.2 Å². The zero-order valence-corrected chi connectivity index (χ0v) is 13.3. The monoisotopic (exact) mass is 297 g/mol. The maximum absolute atomic E-state index is 4.50. The molecule has 0 aromatic carbocycles. The summed E-state index contributed by atoms with van der Waals surface area (Å²) in [4.78, 5) is 0. The van der Waals surface area contributed by atoms with Crippen molar-refractivity contribution >= 4 is 18.2 Å². The number of rotatable bonds is 7. The Morgan fingerprint density at radius 2 is 1.80 bits per heavy atom. The molecule has 0 fully saturated rings. The molecule has 0 aliphatic carbocycles. The summed E-state index contributed by atoms with van der Waals surface area (Å²) in [7, 11) is 0. The number of nitrogens with zero attached hydrogens (tertiary/aromatic N) is 4. The molecule has 0 unspecified atom stereocenters. The van der Waals surface area contributed by atoms with Crippen molar-refractivity contribution in [2.24, 2.45) is 0 Å². The highest BCUT2D eigenvalue weighted by molar-refractivity contribution is 5.85. The first-order chi connectivity index (χ1) is 9.22. The summed E-state index contributed by atoms with van der Waals surface area (Å²) in [6, 6.07) is 2.02. The molecule has 0 bridgehead atoms. The van der Waals surface area contributed by atoms with E-state index in [-0.39, 0.29) is 12.4 Å². The van der Waals surface area contributed by atoms with Crippen molar-refractivity contribution in [3.8, 4) is 0 Å². The summed E-state index contributed by atoms with van der Waals surface area (Å²) >= 11 is 0. The summed E-state index contributed by atoms with van der Waals surface area (Å²) in [6.07, 6.45) is 6.34. The van der Waals surface area contributed by atoms with Gasteiger partial charge < -0.3 is 5.32 Å². The van der Waals surface area contributed by atoms with Crippen LogP contribution in [0.4, 0.5) is 5.82 Å². The van der Waals surface area contributed by atoms with Crippen LogP contribution in [0.5, 0.6) is 0 Å². The summed E-state index contributed by atoms with van der Waals surface area (Å²) in [5, 5.41) is 12.3. The van der Waals surface area contributed by atoms with E-state index in [4.69, 9.17) is 0 Å². The lowest BCUT2D eigenvalue weighted by Gasteiger charge is -2.01. The molecule has 2 heterocycles. The second kappa shape index (κ2) is 7.94. The third kappa shape index (κ3) is 4.27. The van der Waals surface area contributed by atoms with Crippen LogP contribution in [0.3, 0.4) is 0 Å². The summed E-state index contributed by atoms with van der Waals surface area (Å²) in [5.41, 5.74) is 2.33. The van der Waals surface area contributed by atoms with Crippen molar-refractivity contribution in [3.63, 3.8) is 0 Å². The standard InChI is InChI=1S/C14H23N5.ClH/c1-4-7-18-9-6-14(17-18)15-10-13-11-19(8-5-2)16-12(13)3;/h6,9,11H,4-5,7-8,10H2,1-3H3,(H,15,17);1H. The van der Waals surface area contributed by atoms with Gasteiger partial charge in [0.25, 0.3) is 0 Å². The first-order valence-electron chi connectivity index (χ1n) is 7.03. The summed E-state index contributed by atoms with van der Waals surface area (Å²) in [6.45, 7) is 9.09. The molecule has 5 nitrogen and oxygen atoms in total. The largest absolute Gasteiger partial charge is 0.364 e. The minimum Gasteiger partial charge on any atom is -0.364 e. The topological polar surface area (TPSA) is 47.7 Å². The van der Waals surface area contributed by atoms with E-state index in [9.17, 15) is 0 Å². The number of aromatic nitrogens is 4. The van der Waals surface area contributed by atoms with Crippen LogP contribution in [-0.4, -0.2) is 19.6 Å². The molecule has 0 saturated carbocycles. The summed E-state index contributed by atoms with van der Waals surface area (Å²) in [5.74, 6) is 0.927. The van der Waals surface area contributed by atoms with Gasteiger partial charge in [0.2, 0.25) is 0 Å². The van der Waals surface area contributed by atoms with Crippen LogP contribution >= 0.6 is 12.4 Å². The molecule has 0 radical (unpaired) electrons. The highest BCUT2D eigenvalue weighted by Crippen LogP contribution is 2.10. The Morgan fingerprint density at radius 1 is 1.10 bits per heavy atom. The van der Waals surface area contributed by atoms with Gasteiger partial charge in [-0.05, 0) is 19.8 Å². The molecule has 2 rings (SSSR count). The molecule has 0 saturated heterocycles. The van der Waals surface area contributed by atoms with Crippen molar-refractivity contribution in [1.82, 2.24) is 19.6 Å². The van der Waals surface area contributed by atoms with Crippen LogP contribution < -0.4 is 5.32 Å². The molecule has 112 valence electrons. The van der Waals surface area contributed by atoms with Gasteiger partial charge in [-0.25, -0.2) is 0 Å². The van der Waals surface area contributed by atoms with Crippen LogP contribution in [0.25, 0.3) is 0 Å². The normalized spacial score (nSPS) is 10.3. The first-order valence-corrected chi connectivity index (χ1v) is 7.03. The van der Waals surface area contributed by atoms with Crippen LogP contribution in [0.1, 0.15) is 37.9 Å². The van der Waals surface area contributed by atoms with Gasteiger partial charge in [0.15, 0.2) is 0 Å². The van der Waals surface area contributed by atoms with Crippen LogP contribution in [0.2, 0.25) is 0 Å². The lowest BCUT2D eigenvalue weighted by atomic mass is 10.2. The Balaban J connectivity index is 0.00000200. The fourth-order valence-corrected chi connectivity index (χ4v) is 2.07. The average Bonchev–Trinajstić information content (AvgIpc) is 2.95. The van der Waals surface area contributed by atoms with Gasteiger partial charge in [0.05, 0.1) is 5.69 Å². The molecule has 0 spiro atoms. The third-order valence-corrected chi connectivity index (χ3v) is 3.05. The second-order valence-corrected chi connectivity index (χ2v) is 4.82. The first kappa shape index (κ1) is 16.6. The van der Waals surface area contributed by atoms with Gasteiger partial charge in [-0.15, -0.1) is 12.4 Å². The molecular formula is C14H24ClN5. The van der Waals surface area contributed by atoms with E-state index in [1.807, 2.05) is 21.6 Å². The van der Waals surface area contributed by atoms with E-state index in [0.29, 0.717) is 0 Å². The van der Waals surface area contributed by atoms with Crippen LogP contribution in [-0.2, 0) is 19.6 Å². The Morgan fingerprint density at radius 3 is 2.50 bits per heavy atom.